The minimum Gasteiger partial charge on any atom is -0.427 e. The van der Waals surface area contributed by atoms with Gasteiger partial charge in [-0.05, 0) is 45.7 Å². The van der Waals surface area contributed by atoms with E-state index in [1.165, 1.54) is 12.1 Å². The predicted octanol–water partition coefficient (Wildman–Crippen LogP) is 1.37. The summed E-state index contributed by atoms with van der Waals surface area (Å²) in [6.45, 7) is 8.29. The average molecular weight is 374 g/mol. The van der Waals surface area contributed by atoms with E-state index in [0.717, 1.165) is 0 Å². The van der Waals surface area contributed by atoms with E-state index >= 15 is 0 Å². The van der Waals surface area contributed by atoms with Gasteiger partial charge in [0.2, 0.25) is 0 Å². The quantitative estimate of drug-likeness (QED) is 0.816. The van der Waals surface area contributed by atoms with E-state index in [0.29, 0.717) is 22.3 Å². The van der Waals surface area contributed by atoms with E-state index in [-0.39, 0.29) is 24.1 Å². The molecule has 0 unspecified atom stereocenters. The molecule has 2 N–H and O–H groups in total. The summed E-state index contributed by atoms with van der Waals surface area (Å²) in [5.41, 5.74) is 0.602. The molecule has 27 heavy (non-hydrogen) atoms. The second-order valence-corrected chi connectivity index (χ2v) is 6.44. The minimum atomic E-state index is -0.512. The Morgan fingerprint density at radius 1 is 0.889 bits per heavy atom. The van der Waals surface area contributed by atoms with Gasteiger partial charge in [0.15, 0.2) is 0 Å². The van der Waals surface area contributed by atoms with Crippen LogP contribution >= 0.6 is 0 Å². The van der Waals surface area contributed by atoms with Crippen LogP contribution in [0.25, 0.3) is 0 Å². The van der Waals surface area contributed by atoms with Crippen molar-refractivity contribution in [1.29, 1.82) is 0 Å². The zero-order chi connectivity index (χ0) is 20.3. The fourth-order valence-electron chi connectivity index (χ4n) is 2.88. The van der Waals surface area contributed by atoms with Crippen molar-refractivity contribution >= 4 is 11.8 Å². The molecule has 0 aliphatic rings. The van der Waals surface area contributed by atoms with Crippen molar-refractivity contribution in [2.45, 2.75) is 40.7 Å². The number of rotatable bonds is 5. The summed E-state index contributed by atoms with van der Waals surface area (Å²) in [6, 6.07) is 2.12. The van der Waals surface area contributed by atoms with Crippen LogP contribution in [0.1, 0.15) is 50.3 Å². The van der Waals surface area contributed by atoms with Crippen molar-refractivity contribution in [2.24, 2.45) is 0 Å². The first-order valence-corrected chi connectivity index (χ1v) is 8.42. The van der Waals surface area contributed by atoms with Crippen molar-refractivity contribution in [2.75, 3.05) is 6.54 Å². The van der Waals surface area contributed by atoms with Gasteiger partial charge < -0.3 is 19.5 Å². The Bertz CT molecular complexity index is 950. The summed E-state index contributed by atoms with van der Waals surface area (Å²) in [4.78, 5) is 47.4. The molecule has 8 nitrogen and oxygen atoms in total. The number of amides is 2. The second kappa shape index (κ2) is 8.03. The van der Waals surface area contributed by atoms with Crippen molar-refractivity contribution in [3.63, 3.8) is 0 Å². The van der Waals surface area contributed by atoms with Gasteiger partial charge in [0.05, 0.1) is 11.1 Å². The summed E-state index contributed by atoms with van der Waals surface area (Å²) in [5, 5.41) is 5.46. The third-order valence-electron chi connectivity index (χ3n) is 4.07. The van der Waals surface area contributed by atoms with Crippen LogP contribution in [0.4, 0.5) is 0 Å². The topological polar surface area (TPSA) is 119 Å². The van der Waals surface area contributed by atoms with Gasteiger partial charge in [-0.25, -0.2) is 9.59 Å². The Hall–Kier alpha value is -3.16. The molecule has 0 saturated carbocycles. The van der Waals surface area contributed by atoms with Crippen LogP contribution in [0.15, 0.2) is 30.6 Å². The van der Waals surface area contributed by atoms with Crippen molar-refractivity contribution < 1.29 is 18.4 Å². The van der Waals surface area contributed by atoms with Crippen molar-refractivity contribution in [3.05, 3.63) is 66.7 Å². The zero-order valence-electron chi connectivity index (χ0n) is 15.9. The van der Waals surface area contributed by atoms with E-state index in [1.807, 2.05) is 0 Å². The largest absolute Gasteiger partial charge is 0.427 e. The Kier molecular flexibility index (Phi) is 5.99. The average Bonchev–Trinajstić information content (AvgIpc) is 2.50. The van der Waals surface area contributed by atoms with Gasteiger partial charge in [0.25, 0.3) is 11.8 Å². The van der Waals surface area contributed by atoms with Crippen LogP contribution < -0.4 is 21.9 Å². The highest BCUT2D eigenvalue weighted by molar-refractivity contribution is 5.97. The third kappa shape index (κ3) is 4.72. The summed E-state index contributed by atoms with van der Waals surface area (Å²) < 4.78 is 9.92. The Morgan fingerprint density at radius 3 is 1.78 bits per heavy atom. The van der Waals surface area contributed by atoms with Crippen LogP contribution in [-0.4, -0.2) is 24.4 Å². The van der Waals surface area contributed by atoms with Crippen LogP contribution in [0.3, 0.4) is 0 Å². The number of carbonyl (C=O) groups excluding carboxylic acids is 2. The molecule has 2 aromatic rings. The Morgan fingerprint density at radius 2 is 1.33 bits per heavy atom. The molecule has 0 fully saturated rings. The molecule has 8 heteroatoms. The zero-order valence-corrected chi connectivity index (χ0v) is 15.9. The molecule has 0 radical (unpaired) electrons. The molecule has 2 rings (SSSR count). The van der Waals surface area contributed by atoms with Crippen LogP contribution in [0, 0.1) is 27.7 Å². The predicted molar refractivity (Wildman–Crippen MR) is 98.2 cm³/mol. The number of nitrogens with one attached hydrogen (secondary N) is 2. The highest BCUT2D eigenvalue weighted by Gasteiger charge is 2.19. The fourth-order valence-corrected chi connectivity index (χ4v) is 2.88. The SMILES string of the molecule is Cc1cc(=O)oc(C)c1C(=O)NC[C@@H](C)NC(=O)c1c(C)cc(=O)oc1C. The third-order valence-corrected chi connectivity index (χ3v) is 4.07. The first kappa shape index (κ1) is 20.2. The molecular formula is C19H22N2O6. The lowest BCUT2D eigenvalue weighted by molar-refractivity contribution is 0.0907. The lowest BCUT2D eigenvalue weighted by atomic mass is 10.1. The van der Waals surface area contributed by atoms with Gasteiger partial charge in [-0.3, -0.25) is 9.59 Å². The highest BCUT2D eigenvalue weighted by Crippen LogP contribution is 2.12. The minimum absolute atomic E-state index is 0.164. The first-order chi connectivity index (χ1) is 12.6. The number of aryl methyl sites for hydroxylation is 4. The number of hydrogen-bond acceptors (Lipinski definition) is 6. The van der Waals surface area contributed by atoms with E-state index in [2.05, 4.69) is 10.6 Å². The van der Waals surface area contributed by atoms with Crippen LogP contribution in [0.2, 0.25) is 0 Å². The first-order valence-electron chi connectivity index (χ1n) is 8.42. The Balaban J connectivity index is 2.04. The molecule has 1 atom stereocenters. The van der Waals surface area contributed by atoms with Gasteiger partial charge >= 0.3 is 11.3 Å². The van der Waals surface area contributed by atoms with Gasteiger partial charge in [-0.2, -0.15) is 0 Å². The Labute approximate surface area is 155 Å². The maximum Gasteiger partial charge on any atom is 0.336 e. The lowest BCUT2D eigenvalue weighted by Crippen LogP contribution is -2.42. The monoisotopic (exact) mass is 374 g/mol. The maximum absolute atomic E-state index is 12.4. The molecule has 0 saturated heterocycles. The van der Waals surface area contributed by atoms with Gasteiger partial charge in [-0.1, -0.05) is 0 Å². The molecule has 0 bridgehead atoms. The summed E-state index contributed by atoms with van der Waals surface area (Å²) in [7, 11) is 0. The molecule has 0 aliphatic carbocycles. The number of hydrogen-bond donors (Lipinski definition) is 2. The molecule has 0 aliphatic heterocycles. The second-order valence-electron chi connectivity index (χ2n) is 6.44. The van der Waals surface area contributed by atoms with Crippen molar-refractivity contribution in [1.82, 2.24) is 10.6 Å². The molecule has 2 amide bonds. The van der Waals surface area contributed by atoms with Crippen molar-refractivity contribution in [3.8, 4) is 0 Å². The van der Waals surface area contributed by atoms with Gasteiger partial charge in [0, 0.05) is 24.7 Å². The van der Waals surface area contributed by atoms with Gasteiger partial charge in [0.1, 0.15) is 11.5 Å². The van der Waals surface area contributed by atoms with Crippen LogP contribution in [0.5, 0.6) is 0 Å². The standard InChI is InChI=1S/C19H22N2O6/c1-9-6-14(22)26-12(4)16(9)18(24)20-8-11(3)21-19(25)17-10(2)7-15(23)27-13(17)5/h6-7,11H,8H2,1-5H3,(H,20,24)(H,21,25)/t11-/m1/s1. The van der Waals surface area contributed by atoms with Gasteiger partial charge in [-0.15, -0.1) is 0 Å². The molecule has 0 spiro atoms. The van der Waals surface area contributed by atoms with E-state index < -0.39 is 23.1 Å². The highest BCUT2D eigenvalue weighted by atomic mass is 16.4. The smallest absolute Gasteiger partial charge is 0.336 e. The van der Waals surface area contributed by atoms with E-state index in [4.69, 9.17) is 8.83 Å². The molecular weight excluding hydrogens is 352 g/mol. The maximum atomic E-state index is 12.4. The lowest BCUT2D eigenvalue weighted by Gasteiger charge is -2.17. The summed E-state index contributed by atoms with van der Waals surface area (Å²) in [5.74, 6) is -0.319. The van der Waals surface area contributed by atoms with Crippen LogP contribution in [-0.2, 0) is 0 Å². The number of carbonyl (C=O) groups is 2. The molecule has 0 aromatic carbocycles. The summed E-state index contributed by atoms with van der Waals surface area (Å²) >= 11 is 0. The van der Waals surface area contributed by atoms with E-state index in [9.17, 15) is 19.2 Å². The normalized spacial score (nSPS) is 11.7. The molecule has 2 heterocycles. The van der Waals surface area contributed by atoms with E-state index in [1.54, 1.807) is 34.6 Å². The summed E-state index contributed by atoms with van der Waals surface area (Å²) in [6.07, 6.45) is 0. The molecule has 2 aromatic heterocycles. The molecule has 144 valence electrons. The fraction of sp³-hybridized carbons (Fsp3) is 0.368.